The predicted molar refractivity (Wildman–Crippen MR) is 93.0 cm³/mol. The molecule has 2 aromatic rings. The maximum absolute atomic E-state index is 10.5. The first-order valence-corrected chi connectivity index (χ1v) is 7.78. The highest BCUT2D eigenvalue weighted by Gasteiger charge is 2.03. The first kappa shape index (κ1) is 21.0. The van der Waals surface area contributed by atoms with Crippen LogP contribution in [0.25, 0.3) is 0 Å². The van der Waals surface area contributed by atoms with Crippen molar-refractivity contribution in [3.05, 3.63) is 46.0 Å². The van der Waals surface area contributed by atoms with Crippen LogP contribution in [0, 0.1) is 0 Å². The number of nitrogens with zero attached hydrogens (tertiary/aromatic N) is 2. The number of aliphatic hydroxyl groups excluding tert-OH is 1. The summed E-state index contributed by atoms with van der Waals surface area (Å²) in [4.78, 5) is 18.3. The van der Waals surface area contributed by atoms with E-state index in [0.717, 1.165) is 0 Å². The van der Waals surface area contributed by atoms with Crippen molar-refractivity contribution in [1.29, 1.82) is 0 Å². The van der Waals surface area contributed by atoms with E-state index in [-0.39, 0.29) is 19.2 Å². The number of carbonyl (C=O) groups excluding carboxylic acids is 1. The Balaban J connectivity index is 0.000000257. The van der Waals surface area contributed by atoms with Gasteiger partial charge >= 0.3 is 5.97 Å². The summed E-state index contributed by atoms with van der Waals surface area (Å²) < 4.78 is 14.6. The molecule has 2 rings (SSSR count). The summed E-state index contributed by atoms with van der Waals surface area (Å²) in [5, 5.41) is 9.34. The van der Waals surface area contributed by atoms with Gasteiger partial charge in [-0.1, -0.05) is 23.2 Å². The zero-order chi connectivity index (χ0) is 18.8. The molecule has 0 spiro atoms. The molecule has 0 aliphatic heterocycles. The third-order valence-electron chi connectivity index (χ3n) is 2.70. The van der Waals surface area contributed by atoms with Crippen LogP contribution in [-0.2, 0) is 22.7 Å². The van der Waals surface area contributed by atoms with Crippen molar-refractivity contribution >= 4 is 29.2 Å². The number of hydrogen-bond donors (Lipinski definition) is 1. The highest BCUT2D eigenvalue weighted by Crippen LogP contribution is 2.18. The molecule has 0 amide bonds. The van der Waals surface area contributed by atoms with E-state index in [4.69, 9.17) is 42.5 Å². The van der Waals surface area contributed by atoms with E-state index in [1.54, 1.807) is 24.3 Å². The molecule has 0 aliphatic carbocycles. The van der Waals surface area contributed by atoms with Crippen LogP contribution >= 0.6 is 23.2 Å². The summed E-state index contributed by atoms with van der Waals surface area (Å²) in [6, 6.07) is 6.46. The fourth-order valence-electron chi connectivity index (χ4n) is 1.62. The molecule has 7 nitrogen and oxygen atoms in total. The van der Waals surface area contributed by atoms with Crippen molar-refractivity contribution in [1.82, 2.24) is 9.97 Å². The van der Waals surface area contributed by atoms with Crippen LogP contribution in [-0.4, -0.2) is 35.3 Å². The van der Waals surface area contributed by atoms with Gasteiger partial charge in [0.15, 0.2) is 0 Å². The number of aromatic nitrogens is 2. The number of rotatable bonds is 5. The lowest BCUT2D eigenvalue weighted by Crippen LogP contribution is -2.01. The van der Waals surface area contributed by atoms with Gasteiger partial charge in [-0.3, -0.25) is 4.79 Å². The molecule has 0 fully saturated rings. The average molecular weight is 389 g/mol. The number of methoxy groups -OCH3 is 2. The van der Waals surface area contributed by atoms with Gasteiger partial charge in [0.1, 0.15) is 28.4 Å². The van der Waals surface area contributed by atoms with Crippen molar-refractivity contribution in [2.45, 2.75) is 20.1 Å². The summed E-state index contributed by atoms with van der Waals surface area (Å²) in [5.74, 6) is 0.840. The Bertz CT molecular complexity index is 691. The predicted octanol–water partition coefficient (Wildman–Crippen LogP) is 3.04. The average Bonchev–Trinajstić information content (AvgIpc) is 2.59. The third-order valence-corrected chi connectivity index (χ3v) is 3.09. The smallest absolute Gasteiger partial charge is 0.303 e. The quantitative estimate of drug-likeness (QED) is 0.621. The summed E-state index contributed by atoms with van der Waals surface area (Å²) in [6.07, 6.45) is 0. The van der Waals surface area contributed by atoms with Gasteiger partial charge in [-0.15, -0.1) is 0 Å². The summed E-state index contributed by atoms with van der Waals surface area (Å²) >= 11 is 11.3. The molecule has 0 bridgehead atoms. The van der Waals surface area contributed by atoms with Crippen LogP contribution in [0.15, 0.2) is 24.3 Å². The molecule has 0 saturated carbocycles. The first-order chi connectivity index (χ1) is 11.9. The zero-order valence-electron chi connectivity index (χ0n) is 14.0. The van der Waals surface area contributed by atoms with E-state index < -0.39 is 0 Å². The normalized spacial score (nSPS) is 9.68. The van der Waals surface area contributed by atoms with Crippen molar-refractivity contribution in [2.75, 3.05) is 14.2 Å². The van der Waals surface area contributed by atoms with Gasteiger partial charge < -0.3 is 19.3 Å². The minimum atomic E-state index is -0.356. The minimum absolute atomic E-state index is 0.103. The molecule has 9 heteroatoms. The van der Waals surface area contributed by atoms with E-state index in [2.05, 4.69) is 9.97 Å². The Labute approximate surface area is 155 Å². The standard InChI is InChI=1S/C9H10ClNO3.C7H8ClNO2/c1-6(12)14-5-7-3-8(13-2)4-9(10)11-7;1-11-6-2-5(4-10)9-7(8)3-6/h3-4H,5H2,1-2H3;2-3,10H,4H2,1H3. The van der Waals surface area contributed by atoms with Crippen molar-refractivity contribution in [3.8, 4) is 11.5 Å². The topological polar surface area (TPSA) is 90.8 Å². The highest BCUT2D eigenvalue weighted by atomic mass is 35.5. The van der Waals surface area contributed by atoms with Gasteiger partial charge in [0.05, 0.1) is 32.2 Å². The lowest BCUT2D eigenvalue weighted by molar-refractivity contribution is -0.142. The molecule has 0 radical (unpaired) electrons. The minimum Gasteiger partial charge on any atom is -0.497 e. The highest BCUT2D eigenvalue weighted by molar-refractivity contribution is 6.29. The van der Waals surface area contributed by atoms with Crippen LogP contribution in [0.5, 0.6) is 11.5 Å². The number of halogens is 2. The van der Waals surface area contributed by atoms with Crippen LogP contribution in [0.4, 0.5) is 0 Å². The summed E-state index contributed by atoms with van der Waals surface area (Å²) in [6.45, 7) is 1.31. The Morgan fingerprint density at radius 3 is 1.92 bits per heavy atom. The maximum atomic E-state index is 10.5. The van der Waals surface area contributed by atoms with Crippen LogP contribution < -0.4 is 9.47 Å². The van der Waals surface area contributed by atoms with E-state index in [1.165, 1.54) is 21.1 Å². The molecule has 0 aromatic carbocycles. The van der Waals surface area contributed by atoms with Crippen LogP contribution in [0.1, 0.15) is 18.3 Å². The molecule has 25 heavy (non-hydrogen) atoms. The first-order valence-electron chi connectivity index (χ1n) is 7.03. The molecule has 2 aromatic heterocycles. The second-order valence-electron chi connectivity index (χ2n) is 4.58. The number of ether oxygens (including phenoxy) is 3. The van der Waals surface area contributed by atoms with Crippen molar-refractivity contribution in [3.63, 3.8) is 0 Å². The molecule has 0 aliphatic rings. The van der Waals surface area contributed by atoms with Gasteiger partial charge in [-0.05, 0) is 0 Å². The molecule has 1 N–H and O–H groups in total. The molecular weight excluding hydrogens is 371 g/mol. The zero-order valence-corrected chi connectivity index (χ0v) is 15.5. The van der Waals surface area contributed by atoms with Crippen molar-refractivity contribution in [2.24, 2.45) is 0 Å². The number of aliphatic hydroxyl groups is 1. The van der Waals surface area contributed by atoms with Gasteiger partial charge in [0.2, 0.25) is 0 Å². The second kappa shape index (κ2) is 10.7. The fraction of sp³-hybridized carbons (Fsp3) is 0.312. The third kappa shape index (κ3) is 8.02. The second-order valence-corrected chi connectivity index (χ2v) is 5.35. The summed E-state index contributed by atoms with van der Waals surface area (Å²) in [5.41, 5.74) is 1.07. The Kier molecular flexibility index (Phi) is 8.98. The van der Waals surface area contributed by atoms with Crippen LogP contribution in [0.2, 0.25) is 10.3 Å². The molecule has 0 unspecified atom stereocenters. The van der Waals surface area contributed by atoms with E-state index in [0.29, 0.717) is 33.2 Å². The lowest BCUT2D eigenvalue weighted by Gasteiger charge is -2.04. The monoisotopic (exact) mass is 388 g/mol. The van der Waals surface area contributed by atoms with E-state index >= 15 is 0 Å². The number of esters is 1. The Morgan fingerprint density at radius 2 is 1.48 bits per heavy atom. The van der Waals surface area contributed by atoms with Crippen LogP contribution in [0.3, 0.4) is 0 Å². The molecular formula is C16H18Cl2N2O5. The Hall–Kier alpha value is -2.09. The number of pyridine rings is 2. The number of carbonyl (C=O) groups is 1. The molecule has 136 valence electrons. The maximum Gasteiger partial charge on any atom is 0.303 e. The van der Waals surface area contributed by atoms with Gasteiger partial charge in [-0.2, -0.15) is 0 Å². The van der Waals surface area contributed by atoms with Gasteiger partial charge in [0.25, 0.3) is 0 Å². The molecule has 2 heterocycles. The molecule has 0 atom stereocenters. The van der Waals surface area contributed by atoms with Crippen molar-refractivity contribution < 1.29 is 24.1 Å². The molecule has 0 saturated heterocycles. The lowest BCUT2D eigenvalue weighted by atomic mass is 10.3. The Morgan fingerprint density at radius 1 is 1.00 bits per heavy atom. The van der Waals surface area contributed by atoms with Gasteiger partial charge in [-0.25, -0.2) is 9.97 Å². The van der Waals surface area contributed by atoms with E-state index in [9.17, 15) is 4.79 Å². The number of hydrogen-bond acceptors (Lipinski definition) is 7. The summed E-state index contributed by atoms with van der Waals surface area (Å²) in [7, 11) is 3.06. The van der Waals surface area contributed by atoms with E-state index in [1.807, 2.05) is 0 Å². The largest absolute Gasteiger partial charge is 0.497 e. The SMILES string of the molecule is COc1cc(Cl)nc(CO)c1.COc1cc(Cl)nc(COC(C)=O)c1. The fourth-order valence-corrected chi connectivity index (χ4v) is 2.05. The van der Waals surface area contributed by atoms with Gasteiger partial charge in [0, 0.05) is 31.2 Å².